The highest BCUT2D eigenvalue weighted by Gasteiger charge is 2.21. The van der Waals surface area contributed by atoms with E-state index in [9.17, 15) is 10.1 Å². The van der Waals surface area contributed by atoms with E-state index in [-0.39, 0.29) is 17.3 Å². The van der Waals surface area contributed by atoms with Gasteiger partial charge in [0.25, 0.3) is 0 Å². The Bertz CT molecular complexity index is 611. The van der Waals surface area contributed by atoms with E-state index in [1.807, 2.05) is 13.1 Å². The molecule has 10 nitrogen and oxygen atoms in total. The van der Waals surface area contributed by atoms with Gasteiger partial charge in [0, 0.05) is 31.9 Å². The largest absolute Gasteiger partial charge is 0.364 e. The number of anilines is 2. The van der Waals surface area contributed by atoms with Crippen molar-refractivity contribution in [1.82, 2.24) is 19.7 Å². The molecular weight excluding hydrogens is 264 g/mol. The van der Waals surface area contributed by atoms with Crippen LogP contribution in [0.4, 0.5) is 17.3 Å². The highest BCUT2D eigenvalue weighted by atomic mass is 16.6. The Morgan fingerprint density at radius 3 is 2.80 bits per heavy atom. The third kappa shape index (κ3) is 2.80. The predicted molar refractivity (Wildman–Crippen MR) is 71.9 cm³/mol. The van der Waals surface area contributed by atoms with Gasteiger partial charge in [-0.05, 0) is 6.07 Å². The third-order valence-electron chi connectivity index (χ3n) is 2.74. The van der Waals surface area contributed by atoms with Crippen molar-refractivity contribution in [3.63, 3.8) is 0 Å². The van der Waals surface area contributed by atoms with Crippen LogP contribution in [0.2, 0.25) is 0 Å². The summed E-state index contributed by atoms with van der Waals surface area (Å²) in [5.41, 5.74) is 2.91. The first-order valence-corrected chi connectivity index (χ1v) is 5.80. The van der Waals surface area contributed by atoms with Gasteiger partial charge in [0.2, 0.25) is 11.6 Å². The monoisotopic (exact) mass is 278 g/mol. The summed E-state index contributed by atoms with van der Waals surface area (Å²) < 4.78 is 1.74. The molecule has 0 aromatic carbocycles. The van der Waals surface area contributed by atoms with E-state index in [1.165, 1.54) is 6.33 Å². The lowest BCUT2D eigenvalue weighted by atomic mass is 10.3. The normalized spacial score (nSPS) is 10.3. The Hall–Kier alpha value is -2.75. The topological polar surface area (TPSA) is 137 Å². The fraction of sp³-hybridized carbons (Fsp3) is 0.300. The van der Waals surface area contributed by atoms with Crippen molar-refractivity contribution in [2.24, 2.45) is 12.9 Å². The van der Waals surface area contributed by atoms with Crippen molar-refractivity contribution in [2.75, 3.05) is 17.3 Å². The molecule has 0 bridgehead atoms. The summed E-state index contributed by atoms with van der Waals surface area (Å²) in [5.74, 6) is 5.29. The maximum Gasteiger partial charge on any atom is 0.354 e. The standard InChI is InChI=1S/C10H14N8O2/c1-17-7(3-5-15-17)2-4-12-9-8(18(19)20)10(16-11)14-6-13-9/h3,5-6H,2,4,11H2,1H3,(H2,12,13,14,16). The number of nitrogens with two attached hydrogens (primary N) is 1. The fourth-order valence-electron chi connectivity index (χ4n) is 1.74. The van der Waals surface area contributed by atoms with Crippen LogP contribution in [-0.4, -0.2) is 31.2 Å². The molecule has 0 aliphatic carbocycles. The molecule has 0 saturated heterocycles. The molecule has 2 heterocycles. The van der Waals surface area contributed by atoms with E-state index in [0.717, 1.165) is 5.69 Å². The minimum Gasteiger partial charge on any atom is -0.364 e. The summed E-state index contributed by atoms with van der Waals surface area (Å²) in [5, 5.41) is 18.0. The molecular formula is C10H14N8O2. The van der Waals surface area contributed by atoms with Gasteiger partial charge in [-0.2, -0.15) is 5.10 Å². The van der Waals surface area contributed by atoms with Crippen LogP contribution in [0.15, 0.2) is 18.6 Å². The fourth-order valence-corrected chi connectivity index (χ4v) is 1.74. The number of nitrogens with zero attached hydrogens (tertiary/aromatic N) is 5. The number of aryl methyl sites for hydroxylation is 1. The molecule has 0 radical (unpaired) electrons. The van der Waals surface area contributed by atoms with E-state index < -0.39 is 4.92 Å². The van der Waals surface area contributed by atoms with E-state index in [4.69, 9.17) is 5.84 Å². The Kier molecular flexibility index (Phi) is 4.05. The highest BCUT2D eigenvalue weighted by molar-refractivity contribution is 5.68. The third-order valence-corrected chi connectivity index (χ3v) is 2.74. The van der Waals surface area contributed by atoms with Crippen LogP contribution in [0.25, 0.3) is 0 Å². The van der Waals surface area contributed by atoms with Gasteiger partial charge in [-0.25, -0.2) is 15.8 Å². The smallest absolute Gasteiger partial charge is 0.354 e. The lowest BCUT2D eigenvalue weighted by Crippen LogP contribution is -2.15. The van der Waals surface area contributed by atoms with Gasteiger partial charge in [-0.3, -0.25) is 14.8 Å². The van der Waals surface area contributed by atoms with Crippen LogP contribution in [0.1, 0.15) is 5.69 Å². The number of nitrogen functional groups attached to an aromatic ring is 1. The number of nitro groups is 1. The molecule has 0 spiro atoms. The first-order valence-electron chi connectivity index (χ1n) is 5.80. The first kappa shape index (κ1) is 13.7. The van der Waals surface area contributed by atoms with Gasteiger partial charge >= 0.3 is 5.69 Å². The molecule has 10 heteroatoms. The molecule has 2 aromatic rings. The highest BCUT2D eigenvalue weighted by Crippen LogP contribution is 2.27. The van der Waals surface area contributed by atoms with Gasteiger partial charge in [-0.15, -0.1) is 0 Å². The predicted octanol–water partition coefficient (Wildman–Crippen LogP) is 0.0585. The van der Waals surface area contributed by atoms with Crippen LogP contribution in [-0.2, 0) is 13.5 Å². The van der Waals surface area contributed by atoms with Crippen LogP contribution >= 0.6 is 0 Å². The van der Waals surface area contributed by atoms with Crippen molar-refractivity contribution >= 4 is 17.3 Å². The number of rotatable bonds is 6. The maximum atomic E-state index is 11.0. The van der Waals surface area contributed by atoms with Crippen LogP contribution < -0.4 is 16.6 Å². The molecule has 20 heavy (non-hydrogen) atoms. The van der Waals surface area contributed by atoms with Gasteiger partial charge < -0.3 is 10.7 Å². The number of hydrogen-bond donors (Lipinski definition) is 3. The van der Waals surface area contributed by atoms with Gasteiger partial charge in [0.05, 0.1) is 4.92 Å². The van der Waals surface area contributed by atoms with Crippen molar-refractivity contribution in [2.45, 2.75) is 6.42 Å². The SMILES string of the molecule is Cn1nccc1CCNc1ncnc(NN)c1[N+](=O)[O-]. The molecule has 0 saturated carbocycles. The number of aromatic nitrogens is 4. The lowest BCUT2D eigenvalue weighted by molar-refractivity contribution is -0.383. The van der Waals surface area contributed by atoms with E-state index in [1.54, 1.807) is 10.9 Å². The zero-order chi connectivity index (χ0) is 14.5. The summed E-state index contributed by atoms with van der Waals surface area (Å²) in [6, 6.07) is 1.88. The van der Waals surface area contributed by atoms with E-state index in [0.29, 0.717) is 13.0 Å². The van der Waals surface area contributed by atoms with Crippen molar-refractivity contribution < 1.29 is 4.92 Å². The molecule has 0 amide bonds. The second-order valence-electron chi connectivity index (χ2n) is 3.94. The molecule has 2 rings (SSSR count). The van der Waals surface area contributed by atoms with E-state index in [2.05, 4.69) is 25.8 Å². The van der Waals surface area contributed by atoms with Crippen LogP contribution in [0.5, 0.6) is 0 Å². The summed E-state index contributed by atoms with van der Waals surface area (Å²) in [4.78, 5) is 18.0. The number of hydrogen-bond acceptors (Lipinski definition) is 8. The molecule has 0 atom stereocenters. The Labute approximate surface area is 114 Å². The minimum atomic E-state index is -0.582. The van der Waals surface area contributed by atoms with E-state index >= 15 is 0 Å². The second-order valence-corrected chi connectivity index (χ2v) is 3.94. The molecule has 0 aliphatic heterocycles. The number of hydrazine groups is 1. The summed E-state index contributed by atoms with van der Waals surface area (Å²) >= 11 is 0. The van der Waals surface area contributed by atoms with Crippen molar-refractivity contribution in [3.8, 4) is 0 Å². The molecule has 0 fully saturated rings. The first-order chi connectivity index (χ1) is 9.63. The number of nitrogens with one attached hydrogen (secondary N) is 2. The average molecular weight is 278 g/mol. The average Bonchev–Trinajstić information content (AvgIpc) is 2.84. The molecule has 4 N–H and O–H groups in total. The van der Waals surface area contributed by atoms with Gasteiger partial charge in [0.15, 0.2) is 0 Å². The Morgan fingerprint density at radius 1 is 1.45 bits per heavy atom. The van der Waals surface area contributed by atoms with Crippen molar-refractivity contribution in [1.29, 1.82) is 0 Å². The quantitative estimate of drug-likeness (QED) is 0.383. The zero-order valence-electron chi connectivity index (χ0n) is 10.8. The van der Waals surface area contributed by atoms with Crippen LogP contribution in [0.3, 0.4) is 0 Å². The van der Waals surface area contributed by atoms with Gasteiger partial charge in [-0.1, -0.05) is 0 Å². The summed E-state index contributed by atoms with van der Waals surface area (Å²) in [6.45, 7) is 0.474. The lowest BCUT2D eigenvalue weighted by Gasteiger charge is -2.08. The molecule has 0 unspecified atom stereocenters. The van der Waals surface area contributed by atoms with Crippen LogP contribution in [0, 0.1) is 10.1 Å². The molecule has 2 aromatic heterocycles. The Morgan fingerprint density at radius 2 is 2.20 bits per heavy atom. The summed E-state index contributed by atoms with van der Waals surface area (Å²) in [6.07, 6.45) is 3.55. The molecule has 0 aliphatic rings. The zero-order valence-corrected chi connectivity index (χ0v) is 10.8. The van der Waals surface area contributed by atoms with Gasteiger partial charge in [0.1, 0.15) is 6.33 Å². The minimum absolute atomic E-state index is 0.0342. The Balaban J connectivity index is 2.09. The maximum absolute atomic E-state index is 11.0. The summed E-state index contributed by atoms with van der Waals surface area (Å²) in [7, 11) is 1.83. The molecule has 106 valence electrons. The van der Waals surface area contributed by atoms with Crippen molar-refractivity contribution in [3.05, 3.63) is 34.4 Å². The second kappa shape index (κ2) is 5.93.